The number of piperidine rings is 1. The van der Waals surface area contributed by atoms with E-state index in [-0.39, 0.29) is 11.9 Å². The zero-order valence-electron chi connectivity index (χ0n) is 25.4. The zero-order valence-corrected chi connectivity index (χ0v) is 25.4. The number of benzene rings is 3. The van der Waals surface area contributed by atoms with Crippen molar-refractivity contribution in [2.45, 2.75) is 44.8 Å². The quantitative estimate of drug-likeness (QED) is 0.260. The highest BCUT2D eigenvalue weighted by molar-refractivity contribution is 6.09. The van der Waals surface area contributed by atoms with Crippen molar-refractivity contribution in [2.24, 2.45) is 0 Å². The lowest BCUT2D eigenvalue weighted by Gasteiger charge is -2.42. The largest absolute Gasteiger partial charge is 0.465 e. The number of nitrogens with one attached hydrogen (secondary N) is 1. The number of piperazine rings is 1. The van der Waals surface area contributed by atoms with E-state index in [1.807, 2.05) is 60.7 Å². The van der Waals surface area contributed by atoms with Crippen LogP contribution in [0.3, 0.4) is 0 Å². The number of hydrogen-bond acceptors (Lipinski definition) is 5. The molecule has 2 aliphatic rings. The molecule has 0 unspecified atom stereocenters. The first-order valence-corrected chi connectivity index (χ1v) is 15.8. The molecule has 0 bridgehead atoms. The highest BCUT2D eigenvalue weighted by Crippen LogP contribution is 2.33. The number of carboxylic acid groups (broad SMARTS) is 1. The van der Waals surface area contributed by atoms with Crippen LogP contribution in [0.2, 0.25) is 0 Å². The number of fused-ring (bicyclic) bond motifs is 1. The van der Waals surface area contributed by atoms with E-state index in [2.05, 4.69) is 46.3 Å². The summed E-state index contributed by atoms with van der Waals surface area (Å²) < 4.78 is 0. The van der Waals surface area contributed by atoms with Gasteiger partial charge in [0.1, 0.15) is 0 Å². The van der Waals surface area contributed by atoms with Crippen molar-refractivity contribution in [3.63, 3.8) is 0 Å². The lowest BCUT2D eigenvalue weighted by atomic mass is 9.94. The van der Waals surface area contributed by atoms with Crippen LogP contribution in [0.4, 0.5) is 4.79 Å². The molecule has 2 saturated heterocycles. The van der Waals surface area contributed by atoms with Gasteiger partial charge < -0.3 is 15.3 Å². The van der Waals surface area contributed by atoms with Crippen LogP contribution in [-0.2, 0) is 6.54 Å². The molecule has 1 aromatic heterocycles. The van der Waals surface area contributed by atoms with Crippen LogP contribution in [0, 0.1) is 0 Å². The first kappa shape index (κ1) is 29.8. The third kappa shape index (κ3) is 6.47. The third-order valence-corrected chi connectivity index (χ3v) is 9.22. The van der Waals surface area contributed by atoms with E-state index in [1.165, 1.54) is 4.90 Å². The van der Waals surface area contributed by atoms with Crippen molar-refractivity contribution < 1.29 is 14.7 Å². The van der Waals surface area contributed by atoms with Gasteiger partial charge in [0.15, 0.2) is 0 Å². The standard InChI is InChI=1S/C36H41N5O3/c1-2-31(26-11-5-3-6-12-26)38-35(42)33-29-15-9-10-16-32(29)37-34(27-13-7-4-8-14-27)30(33)25-39-19-17-28(18-20-39)40-21-23-41(24-22-40)36(43)44/h3-16,28,31H,2,17-25H2,1H3,(H,38,42)(H,43,44)/t31-/m0/s1. The Bertz CT molecular complexity index is 1580. The maximum atomic E-state index is 14.4. The van der Waals surface area contributed by atoms with E-state index in [0.29, 0.717) is 31.2 Å². The molecule has 2 fully saturated rings. The van der Waals surface area contributed by atoms with Gasteiger partial charge >= 0.3 is 6.09 Å². The Morgan fingerprint density at radius 2 is 1.50 bits per heavy atom. The number of carbonyl (C=O) groups excluding carboxylic acids is 1. The molecule has 0 spiro atoms. The van der Waals surface area contributed by atoms with E-state index in [1.54, 1.807) is 0 Å². The molecule has 0 saturated carbocycles. The summed E-state index contributed by atoms with van der Waals surface area (Å²) in [7, 11) is 0. The average Bonchev–Trinajstić information content (AvgIpc) is 3.08. The lowest BCUT2D eigenvalue weighted by molar-refractivity contribution is 0.0563. The van der Waals surface area contributed by atoms with Gasteiger partial charge in [-0.2, -0.15) is 0 Å². The van der Waals surface area contributed by atoms with Crippen molar-refractivity contribution >= 4 is 22.9 Å². The molecule has 8 heteroatoms. The van der Waals surface area contributed by atoms with Crippen molar-refractivity contribution in [2.75, 3.05) is 39.3 Å². The van der Waals surface area contributed by atoms with Gasteiger partial charge in [-0.3, -0.25) is 14.6 Å². The second kappa shape index (κ2) is 13.6. The maximum Gasteiger partial charge on any atom is 0.407 e. The minimum absolute atomic E-state index is 0.0716. The summed E-state index contributed by atoms with van der Waals surface area (Å²) in [4.78, 5) is 37.3. The number of rotatable bonds is 8. The van der Waals surface area contributed by atoms with Crippen LogP contribution < -0.4 is 5.32 Å². The average molecular weight is 592 g/mol. The summed E-state index contributed by atoms with van der Waals surface area (Å²) in [5.74, 6) is -0.0716. The number of hydrogen-bond donors (Lipinski definition) is 2. The van der Waals surface area contributed by atoms with Crippen LogP contribution in [0.25, 0.3) is 22.2 Å². The summed E-state index contributed by atoms with van der Waals surface area (Å²) in [5, 5.41) is 13.6. The van der Waals surface area contributed by atoms with Gasteiger partial charge in [0.2, 0.25) is 0 Å². The smallest absolute Gasteiger partial charge is 0.407 e. The summed E-state index contributed by atoms with van der Waals surface area (Å²) in [5.41, 5.74) is 5.43. The van der Waals surface area contributed by atoms with E-state index in [9.17, 15) is 14.7 Å². The number of carbonyl (C=O) groups is 2. The van der Waals surface area contributed by atoms with Gasteiger partial charge in [0.25, 0.3) is 5.91 Å². The predicted molar refractivity (Wildman–Crippen MR) is 174 cm³/mol. The summed E-state index contributed by atoms with van der Waals surface area (Å²) in [6.45, 7) is 7.26. The second-order valence-electron chi connectivity index (χ2n) is 11.9. The van der Waals surface area contributed by atoms with Crippen LogP contribution in [0.15, 0.2) is 84.9 Å². The maximum absolute atomic E-state index is 14.4. The molecule has 3 aromatic carbocycles. The lowest BCUT2D eigenvalue weighted by Crippen LogP contribution is -2.54. The Morgan fingerprint density at radius 1 is 0.864 bits per heavy atom. The van der Waals surface area contributed by atoms with Crippen molar-refractivity contribution in [3.8, 4) is 11.3 Å². The molecule has 2 N–H and O–H groups in total. The fourth-order valence-electron chi connectivity index (χ4n) is 6.78. The monoisotopic (exact) mass is 591 g/mol. The number of pyridine rings is 1. The number of para-hydroxylation sites is 1. The number of likely N-dealkylation sites (tertiary alicyclic amines) is 1. The van der Waals surface area contributed by atoms with E-state index in [4.69, 9.17) is 4.98 Å². The fraction of sp³-hybridized carbons (Fsp3) is 0.361. The topological polar surface area (TPSA) is 89.0 Å². The normalized spacial score (nSPS) is 17.4. The predicted octanol–water partition coefficient (Wildman–Crippen LogP) is 6.04. The molecule has 3 heterocycles. The molecule has 1 atom stereocenters. The Morgan fingerprint density at radius 3 is 2.16 bits per heavy atom. The molecule has 4 aromatic rings. The minimum Gasteiger partial charge on any atom is -0.465 e. The Kier molecular flexibility index (Phi) is 9.19. The van der Waals surface area contributed by atoms with Crippen LogP contribution in [0.5, 0.6) is 0 Å². The highest BCUT2D eigenvalue weighted by Gasteiger charge is 2.31. The fourth-order valence-corrected chi connectivity index (χ4v) is 6.78. The molecule has 44 heavy (non-hydrogen) atoms. The first-order valence-electron chi connectivity index (χ1n) is 15.8. The molecule has 2 amide bonds. The summed E-state index contributed by atoms with van der Waals surface area (Å²) in [6.07, 6.45) is 1.99. The highest BCUT2D eigenvalue weighted by atomic mass is 16.4. The molecule has 0 radical (unpaired) electrons. The molecule has 8 nitrogen and oxygen atoms in total. The number of nitrogens with zero attached hydrogens (tertiary/aromatic N) is 4. The van der Waals surface area contributed by atoms with Crippen molar-refractivity contribution in [1.82, 2.24) is 25.0 Å². The van der Waals surface area contributed by atoms with E-state index in [0.717, 1.165) is 78.7 Å². The summed E-state index contributed by atoms with van der Waals surface area (Å²) in [6, 6.07) is 28.7. The van der Waals surface area contributed by atoms with Crippen LogP contribution >= 0.6 is 0 Å². The molecule has 228 valence electrons. The molecule has 0 aliphatic carbocycles. The Balaban J connectivity index is 1.31. The van der Waals surface area contributed by atoms with E-state index >= 15 is 0 Å². The van der Waals surface area contributed by atoms with Gasteiger partial charge in [-0.05, 0) is 44.0 Å². The van der Waals surface area contributed by atoms with Gasteiger partial charge in [0.05, 0.1) is 22.8 Å². The SMILES string of the molecule is CC[C@H](NC(=O)c1c(CN2CCC(N3CCN(C(=O)O)CC3)CC2)c(-c2ccccc2)nc2ccccc12)c1ccccc1. The molecule has 2 aliphatic heterocycles. The molecular weight excluding hydrogens is 550 g/mol. The second-order valence-corrected chi connectivity index (χ2v) is 11.9. The van der Waals surface area contributed by atoms with Gasteiger partial charge in [-0.15, -0.1) is 0 Å². The zero-order chi connectivity index (χ0) is 30.5. The van der Waals surface area contributed by atoms with Gasteiger partial charge in [-0.25, -0.2) is 9.78 Å². The van der Waals surface area contributed by atoms with Crippen LogP contribution in [0.1, 0.15) is 53.7 Å². The summed E-state index contributed by atoms with van der Waals surface area (Å²) >= 11 is 0. The van der Waals surface area contributed by atoms with Gasteiger partial charge in [-0.1, -0.05) is 85.8 Å². The minimum atomic E-state index is -0.827. The Hall–Kier alpha value is -4.27. The van der Waals surface area contributed by atoms with Crippen molar-refractivity contribution in [1.29, 1.82) is 0 Å². The molecule has 6 rings (SSSR count). The third-order valence-electron chi connectivity index (χ3n) is 9.22. The number of aromatic nitrogens is 1. The Labute approximate surface area is 259 Å². The first-order chi connectivity index (χ1) is 21.5. The van der Waals surface area contributed by atoms with E-state index < -0.39 is 6.09 Å². The molecular formula is C36H41N5O3. The van der Waals surface area contributed by atoms with Crippen LogP contribution in [-0.4, -0.2) is 82.1 Å². The van der Waals surface area contributed by atoms with Gasteiger partial charge in [0, 0.05) is 55.3 Å². The number of amides is 2. The van der Waals surface area contributed by atoms with Crippen molar-refractivity contribution in [3.05, 3.63) is 102 Å².